The summed E-state index contributed by atoms with van der Waals surface area (Å²) in [5.74, 6) is 0.288. The molecule has 1 aliphatic carbocycles. The molecule has 1 aliphatic heterocycles. The highest BCUT2D eigenvalue weighted by molar-refractivity contribution is 7.90. The molecule has 0 radical (unpaired) electrons. The third-order valence-corrected chi connectivity index (χ3v) is 7.14. The van der Waals surface area contributed by atoms with E-state index in [9.17, 15) is 21.6 Å². The number of hydrogen-bond donors (Lipinski definition) is 0. The third kappa shape index (κ3) is 3.51. The highest BCUT2D eigenvalue weighted by Crippen LogP contribution is 2.34. The largest absolute Gasteiger partial charge is 0.416 e. The van der Waals surface area contributed by atoms with Gasteiger partial charge in [0.15, 0.2) is 0 Å². The van der Waals surface area contributed by atoms with Crippen molar-refractivity contribution in [2.24, 2.45) is 0 Å². The zero-order valence-electron chi connectivity index (χ0n) is 13.3. The molecule has 0 amide bonds. The van der Waals surface area contributed by atoms with Gasteiger partial charge in [0, 0.05) is 32.4 Å². The summed E-state index contributed by atoms with van der Waals surface area (Å²) in [6.45, 7) is 0.979. The molecule has 2 heterocycles. The lowest BCUT2D eigenvalue weighted by Crippen LogP contribution is -2.46. The van der Waals surface area contributed by atoms with Crippen molar-refractivity contribution >= 4 is 15.8 Å². The van der Waals surface area contributed by atoms with Gasteiger partial charge in [-0.05, 0) is 37.8 Å². The third-order valence-electron chi connectivity index (χ3n) is 4.72. The fourth-order valence-corrected chi connectivity index (χ4v) is 4.86. The van der Waals surface area contributed by atoms with E-state index in [2.05, 4.69) is 4.98 Å². The first kappa shape index (κ1) is 17.5. The van der Waals surface area contributed by atoms with Gasteiger partial charge in [-0.2, -0.15) is 13.2 Å². The molecule has 0 bridgehead atoms. The van der Waals surface area contributed by atoms with Gasteiger partial charge in [-0.15, -0.1) is 0 Å². The maximum atomic E-state index is 12.8. The zero-order chi connectivity index (χ0) is 17.5. The molecule has 9 heteroatoms. The second kappa shape index (κ2) is 6.18. The number of aromatic nitrogens is 1. The van der Waals surface area contributed by atoms with E-state index in [4.69, 9.17) is 0 Å². The lowest BCUT2D eigenvalue weighted by molar-refractivity contribution is -0.137. The SMILES string of the molecule is CN(C1CCN(c2cc(C(F)(F)F)ccn2)CC1)S(=O)(=O)C1CC1. The van der Waals surface area contributed by atoms with Crippen LogP contribution in [0, 0.1) is 0 Å². The van der Waals surface area contributed by atoms with Crippen LogP contribution in [-0.4, -0.2) is 49.1 Å². The van der Waals surface area contributed by atoms with Crippen molar-refractivity contribution in [3.05, 3.63) is 23.9 Å². The molecule has 0 unspecified atom stereocenters. The number of nitrogens with zero attached hydrogens (tertiary/aromatic N) is 3. The molecule has 0 atom stereocenters. The topological polar surface area (TPSA) is 53.5 Å². The maximum absolute atomic E-state index is 12.8. The molecule has 3 rings (SSSR count). The minimum atomic E-state index is -4.39. The summed E-state index contributed by atoms with van der Waals surface area (Å²) in [6, 6.07) is 1.90. The zero-order valence-corrected chi connectivity index (χ0v) is 14.1. The summed E-state index contributed by atoms with van der Waals surface area (Å²) >= 11 is 0. The number of halogens is 3. The number of hydrogen-bond acceptors (Lipinski definition) is 4. The quantitative estimate of drug-likeness (QED) is 0.825. The molecule has 134 valence electrons. The maximum Gasteiger partial charge on any atom is 0.416 e. The van der Waals surface area contributed by atoms with E-state index in [-0.39, 0.29) is 17.1 Å². The van der Waals surface area contributed by atoms with Crippen LogP contribution in [0.25, 0.3) is 0 Å². The molecular formula is C15H20F3N3O2S. The van der Waals surface area contributed by atoms with Crippen LogP contribution in [0.3, 0.4) is 0 Å². The Balaban J connectivity index is 1.65. The Labute approximate surface area is 139 Å². The number of sulfonamides is 1. The second-order valence-electron chi connectivity index (χ2n) is 6.38. The monoisotopic (exact) mass is 363 g/mol. The van der Waals surface area contributed by atoms with Crippen molar-refractivity contribution in [1.29, 1.82) is 0 Å². The van der Waals surface area contributed by atoms with Crippen LogP contribution in [0.2, 0.25) is 0 Å². The first-order chi connectivity index (χ1) is 11.2. The fraction of sp³-hybridized carbons (Fsp3) is 0.667. The van der Waals surface area contributed by atoms with E-state index in [1.165, 1.54) is 4.31 Å². The van der Waals surface area contributed by atoms with Crippen molar-refractivity contribution < 1.29 is 21.6 Å². The highest BCUT2D eigenvalue weighted by atomic mass is 32.2. The van der Waals surface area contributed by atoms with Gasteiger partial charge in [-0.1, -0.05) is 0 Å². The van der Waals surface area contributed by atoms with Gasteiger partial charge >= 0.3 is 6.18 Å². The van der Waals surface area contributed by atoms with Crippen molar-refractivity contribution in [3.8, 4) is 0 Å². The fourth-order valence-electron chi connectivity index (χ4n) is 3.04. The number of rotatable bonds is 4. The smallest absolute Gasteiger partial charge is 0.356 e. The normalized spacial score (nSPS) is 20.6. The Hall–Kier alpha value is -1.35. The molecule has 1 aromatic rings. The average molecular weight is 363 g/mol. The minimum absolute atomic E-state index is 0.0994. The molecule has 1 aromatic heterocycles. The van der Waals surface area contributed by atoms with Crippen LogP contribution >= 0.6 is 0 Å². The van der Waals surface area contributed by atoms with Gasteiger partial charge in [0.1, 0.15) is 5.82 Å². The number of pyridine rings is 1. The summed E-state index contributed by atoms with van der Waals surface area (Å²) < 4.78 is 64.4. The van der Waals surface area contributed by atoms with E-state index in [1.54, 1.807) is 11.9 Å². The van der Waals surface area contributed by atoms with E-state index >= 15 is 0 Å². The van der Waals surface area contributed by atoms with E-state index in [0.717, 1.165) is 31.2 Å². The Bertz CT molecular complexity index is 696. The summed E-state index contributed by atoms with van der Waals surface area (Å²) in [5.41, 5.74) is -0.719. The molecule has 5 nitrogen and oxygen atoms in total. The van der Waals surface area contributed by atoms with Crippen molar-refractivity contribution in [3.63, 3.8) is 0 Å². The van der Waals surface area contributed by atoms with E-state index in [1.807, 2.05) is 0 Å². The molecule has 2 fully saturated rings. The molecule has 24 heavy (non-hydrogen) atoms. The van der Waals surface area contributed by atoms with Crippen LogP contribution in [0.4, 0.5) is 19.0 Å². The van der Waals surface area contributed by atoms with Crippen LogP contribution < -0.4 is 4.90 Å². The molecule has 0 N–H and O–H groups in total. The summed E-state index contributed by atoms with van der Waals surface area (Å²) in [6.07, 6.45) is -0.622. The number of alkyl halides is 3. The van der Waals surface area contributed by atoms with Crippen LogP contribution in [0.5, 0.6) is 0 Å². The van der Waals surface area contributed by atoms with Gasteiger partial charge in [-0.3, -0.25) is 0 Å². The van der Waals surface area contributed by atoms with Gasteiger partial charge in [-0.25, -0.2) is 17.7 Å². The van der Waals surface area contributed by atoms with Crippen LogP contribution in [0.15, 0.2) is 18.3 Å². The first-order valence-corrected chi connectivity index (χ1v) is 9.45. The molecule has 2 aliphatic rings. The minimum Gasteiger partial charge on any atom is -0.356 e. The molecular weight excluding hydrogens is 343 g/mol. The summed E-state index contributed by atoms with van der Waals surface area (Å²) in [7, 11) is -1.62. The second-order valence-corrected chi connectivity index (χ2v) is 8.65. The molecule has 1 saturated heterocycles. The predicted octanol–water partition coefficient (Wildman–Crippen LogP) is 2.49. The van der Waals surface area contributed by atoms with Gasteiger partial charge in [0.05, 0.1) is 10.8 Å². The molecule has 0 aromatic carbocycles. The average Bonchev–Trinajstić information content (AvgIpc) is 3.39. The number of anilines is 1. The summed E-state index contributed by atoms with van der Waals surface area (Å²) in [4.78, 5) is 5.81. The highest BCUT2D eigenvalue weighted by Gasteiger charge is 2.41. The van der Waals surface area contributed by atoms with Crippen LogP contribution in [-0.2, 0) is 16.2 Å². The Morgan fingerprint density at radius 1 is 1.21 bits per heavy atom. The Morgan fingerprint density at radius 3 is 2.38 bits per heavy atom. The van der Waals surface area contributed by atoms with E-state index < -0.39 is 21.8 Å². The predicted molar refractivity (Wildman–Crippen MR) is 84.2 cm³/mol. The molecule has 1 saturated carbocycles. The van der Waals surface area contributed by atoms with Crippen molar-refractivity contribution in [2.75, 3.05) is 25.0 Å². The van der Waals surface area contributed by atoms with E-state index in [0.29, 0.717) is 25.9 Å². The number of piperidine rings is 1. The van der Waals surface area contributed by atoms with Gasteiger partial charge in [0.2, 0.25) is 10.0 Å². The van der Waals surface area contributed by atoms with Crippen LogP contribution in [0.1, 0.15) is 31.2 Å². The standard InChI is InChI=1S/C15H20F3N3O2S/c1-20(24(22,23)13-2-3-13)12-5-8-21(9-6-12)14-10-11(4-7-19-14)15(16,17)18/h4,7,10,12-13H,2-3,5-6,8-9H2,1H3. The lowest BCUT2D eigenvalue weighted by atomic mass is 10.1. The molecule has 0 spiro atoms. The Kier molecular flexibility index (Phi) is 4.50. The Morgan fingerprint density at radius 2 is 1.83 bits per heavy atom. The summed E-state index contributed by atoms with van der Waals surface area (Å²) in [5, 5.41) is -0.245. The lowest BCUT2D eigenvalue weighted by Gasteiger charge is -2.36. The van der Waals surface area contributed by atoms with Gasteiger partial charge < -0.3 is 4.90 Å². The van der Waals surface area contributed by atoms with Crippen molar-refractivity contribution in [2.45, 2.75) is 43.2 Å². The van der Waals surface area contributed by atoms with Crippen molar-refractivity contribution in [1.82, 2.24) is 9.29 Å². The first-order valence-electron chi connectivity index (χ1n) is 7.94. The van der Waals surface area contributed by atoms with Gasteiger partial charge in [0.25, 0.3) is 0 Å².